The zero-order chi connectivity index (χ0) is 15.1. The number of nitrogens with one attached hydrogen (secondary N) is 1. The van der Waals surface area contributed by atoms with Crippen molar-refractivity contribution in [1.29, 1.82) is 0 Å². The van der Waals surface area contributed by atoms with Gasteiger partial charge in [-0.3, -0.25) is 0 Å². The Kier molecular flexibility index (Phi) is 5.51. The first kappa shape index (κ1) is 15.3. The molecule has 2 rings (SSSR count). The smallest absolute Gasteiger partial charge is 0.141 e. The molecule has 0 aliphatic carbocycles. The quantitative estimate of drug-likeness (QED) is 0.250. The van der Waals surface area contributed by atoms with Gasteiger partial charge in [-0.2, -0.15) is 0 Å². The number of nitrogens with zero attached hydrogens (tertiary/aromatic N) is 1. The molecule has 2 aromatic carbocycles. The van der Waals surface area contributed by atoms with Crippen molar-refractivity contribution in [3.05, 3.63) is 60.2 Å². The van der Waals surface area contributed by atoms with Crippen LogP contribution in [-0.4, -0.2) is 17.3 Å². The number of nitrogens with two attached hydrogens (primary N) is 1. The van der Waals surface area contributed by atoms with E-state index in [1.165, 1.54) is 4.90 Å². The molecule has 0 aliphatic heterocycles. The lowest BCUT2D eigenvalue weighted by atomic mass is 10.0. The van der Waals surface area contributed by atoms with Gasteiger partial charge in [-0.05, 0) is 36.1 Å². The van der Waals surface area contributed by atoms with E-state index in [4.69, 9.17) is 10.9 Å². The van der Waals surface area contributed by atoms with Crippen molar-refractivity contribution in [3.63, 3.8) is 0 Å². The average molecular weight is 301 g/mol. The summed E-state index contributed by atoms with van der Waals surface area (Å²) in [6.07, 6.45) is 2.48. The number of benzene rings is 2. The molecule has 0 radical (unpaired) electrons. The number of hydrogen-bond acceptors (Lipinski definition) is 4. The molecular formula is C16H19N3OS. The summed E-state index contributed by atoms with van der Waals surface area (Å²) in [6.45, 7) is 0. The zero-order valence-electron chi connectivity index (χ0n) is 11.9. The number of oxime groups is 1. The highest BCUT2D eigenvalue weighted by atomic mass is 32.2. The SMILES string of the molecule is CSc1ccc(NC(CC(N)=NO)c2ccccc2)cc1. The fourth-order valence-electron chi connectivity index (χ4n) is 2.08. The van der Waals surface area contributed by atoms with Crippen molar-refractivity contribution in [2.75, 3.05) is 11.6 Å². The topological polar surface area (TPSA) is 70.6 Å². The molecule has 0 aromatic heterocycles. The summed E-state index contributed by atoms with van der Waals surface area (Å²) < 4.78 is 0. The molecule has 4 nitrogen and oxygen atoms in total. The van der Waals surface area contributed by atoms with Crippen LogP contribution >= 0.6 is 11.8 Å². The van der Waals surface area contributed by atoms with Gasteiger partial charge in [0, 0.05) is 17.0 Å². The van der Waals surface area contributed by atoms with Gasteiger partial charge >= 0.3 is 0 Å². The van der Waals surface area contributed by atoms with Gasteiger partial charge in [-0.15, -0.1) is 11.8 Å². The third-order valence-electron chi connectivity index (χ3n) is 3.17. The fourth-order valence-corrected chi connectivity index (χ4v) is 2.48. The molecule has 0 fully saturated rings. The lowest BCUT2D eigenvalue weighted by Gasteiger charge is -2.20. The van der Waals surface area contributed by atoms with Gasteiger partial charge in [-0.1, -0.05) is 35.5 Å². The van der Waals surface area contributed by atoms with Crippen LogP contribution in [-0.2, 0) is 0 Å². The molecule has 4 N–H and O–H groups in total. The van der Waals surface area contributed by atoms with Gasteiger partial charge in [0.1, 0.15) is 5.84 Å². The fraction of sp³-hybridized carbons (Fsp3) is 0.188. The van der Waals surface area contributed by atoms with E-state index in [-0.39, 0.29) is 11.9 Å². The van der Waals surface area contributed by atoms with E-state index in [9.17, 15) is 0 Å². The Morgan fingerprint density at radius 2 is 1.86 bits per heavy atom. The van der Waals surface area contributed by atoms with E-state index in [1.54, 1.807) is 11.8 Å². The second-order valence-electron chi connectivity index (χ2n) is 4.63. The monoisotopic (exact) mass is 301 g/mol. The van der Waals surface area contributed by atoms with Gasteiger partial charge in [0.05, 0.1) is 6.04 Å². The summed E-state index contributed by atoms with van der Waals surface area (Å²) in [6, 6.07) is 18.1. The minimum atomic E-state index is -0.0396. The Morgan fingerprint density at radius 1 is 1.19 bits per heavy atom. The van der Waals surface area contributed by atoms with Crippen LogP contribution < -0.4 is 11.1 Å². The van der Waals surface area contributed by atoms with Crippen molar-refractivity contribution in [1.82, 2.24) is 0 Å². The zero-order valence-corrected chi connectivity index (χ0v) is 12.7. The average Bonchev–Trinajstić information content (AvgIpc) is 2.55. The van der Waals surface area contributed by atoms with E-state index in [0.717, 1.165) is 11.3 Å². The van der Waals surface area contributed by atoms with Gasteiger partial charge in [-0.25, -0.2) is 0 Å². The highest BCUT2D eigenvalue weighted by Gasteiger charge is 2.13. The molecule has 2 aromatic rings. The van der Waals surface area contributed by atoms with Crippen molar-refractivity contribution >= 4 is 23.3 Å². The Labute approximate surface area is 129 Å². The molecule has 1 atom stereocenters. The van der Waals surface area contributed by atoms with Crippen LogP contribution in [0.4, 0.5) is 5.69 Å². The summed E-state index contributed by atoms with van der Waals surface area (Å²) >= 11 is 1.71. The summed E-state index contributed by atoms with van der Waals surface area (Å²) in [7, 11) is 0. The molecule has 0 bridgehead atoms. The Bertz CT molecular complexity index is 584. The van der Waals surface area contributed by atoms with Gasteiger partial charge in [0.2, 0.25) is 0 Å². The van der Waals surface area contributed by atoms with E-state index >= 15 is 0 Å². The maximum absolute atomic E-state index is 8.80. The van der Waals surface area contributed by atoms with Crippen molar-refractivity contribution < 1.29 is 5.21 Å². The maximum Gasteiger partial charge on any atom is 0.141 e. The molecule has 0 saturated carbocycles. The third-order valence-corrected chi connectivity index (χ3v) is 3.92. The number of thioether (sulfide) groups is 1. The highest BCUT2D eigenvalue weighted by molar-refractivity contribution is 7.98. The van der Waals surface area contributed by atoms with Gasteiger partial charge in [0.15, 0.2) is 0 Å². The first-order valence-corrected chi connectivity index (χ1v) is 7.87. The molecule has 1 unspecified atom stereocenters. The van der Waals surface area contributed by atoms with Gasteiger partial charge in [0.25, 0.3) is 0 Å². The van der Waals surface area contributed by atoms with Crippen LogP contribution in [0.15, 0.2) is 64.6 Å². The summed E-state index contributed by atoms with van der Waals surface area (Å²) in [4.78, 5) is 1.22. The lowest BCUT2D eigenvalue weighted by molar-refractivity contribution is 0.316. The van der Waals surface area contributed by atoms with E-state index in [1.807, 2.05) is 48.7 Å². The molecule has 0 amide bonds. The Morgan fingerprint density at radius 3 is 2.43 bits per heavy atom. The summed E-state index contributed by atoms with van der Waals surface area (Å²) in [5.74, 6) is 0.206. The standard InChI is InChI=1S/C16H19N3OS/c1-21-14-9-7-13(8-10-14)18-15(11-16(17)19-20)12-5-3-2-4-6-12/h2-10,15,18,20H,11H2,1H3,(H2,17,19). The van der Waals surface area contributed by atoms with Crippen LogP contribution in [0.2, 0.25) is 0 Å². The first-order valence-electron chi connectivity index (χ1n) is 6.65. The van der Waals surface area contributed by atoms with Crippen LogP contribution in [0, 0.1) is 0 Å². The third kappa shape index (κ3) is 4.43. The molecule has 21 heavy (non-hydrogen) atoms. The van der Waals surface area contributed by atoms with Crippen LogP contribution in [0.25, 0.3) is 0 Å². The first-order chi connectivity index (χ1) is 10.2. The van der Waals surface area contributed by atoms with E-state index in [2.05, 4.69) is 22.6 Å². The minimum Gasteiger partial charge on any atom is -0.409 e. The van der Waals surface area contributed by atoms with E-state index < -0.39 is 0 Å². The summed E-state index contributed by atoms with van der Waals surface area (Å²) in [5, 5.41) is 15.3. The van der Waals surface area contributed by atoms with Crippen LogP contribution in [0.1, 0.15) is 18.0 Å². The predicted octanol–water partition coefficient (Wildman–Crippen LogP) is 3.70. The molecule has 5 heteroatoms. The molecular weight excluding hydrogens is 282 g/mol. The number of amidine groups is 1. The lowest BCUT2D eigenvalue weighted by Crippen LogP contribution is -2.21. The maximum atomic E-state index is 8.80. The van der Waals surface area contributed by atoms with E-state index in [0.29, 0.717) is 6.42 Å². The van der Waals surface area contributed by atoms with Crippen LogP contribution in [0.3, 0.4) is 0 Å². The largest absolute Gasteiger partial charge is 0.409 e. The molecule has 0 heterocycles. The summed E-state index contributed by atoms with van der Waals surface area (Å²) in [5.41, 5.74) is 7.77. The number of hydrogen-bond donors (Lipinski definition) is 3. The Hall–Kier alpha value is -2.14. The van der Waals surface area contributed by atoms with Gasteiger partial charge < -0.3 is 16.3 Å². The molecule has 0 saturated heterocycles. The number of anilines is 1. The second kappa shape index (κ2) is 7.59. The molecule has 0 aliphatic rings. The van der Waals surface area contributed by atoms with Crippen LogP contribution in [0.5, 0.6) is 0 Å². The van der Waals surface area contributed by atoms with Crippen molar-refractivity contribution in [3.8, 4) is 0 Å². The second-order valence-corrected chi connectivity index (χ2v) is 5.51. The molecule has 110 valence electrons. The molecule has 0 spiro atoms. The van der Waals surface area contributed by atoms with Crippen molar-refractivity contribution in [2.24, 2.45) is 10.9 Å². The highest BCUT2D eigenvalue weighted by Crippen LogP contribution is 2.24. The Balaban J connectivity index is 2.18. The number of rotatable bonds is 6. The van der Waals surface area contributed by atoms with Crippen molar-refractivity contribution in [2.45, 2.75) is 17.4 Å². The minimum absolute atomic E-state index is 0.0396. The predicted molar refractivity (Wildman–Crippen MR) is 89.1 cm³/mol. The normalized spacial score (nSPS) is 12.9.